The first-order valence-corrected chi connectivity index (χ1v) is 5.85. The number of urea groups is 1. The number of aliphatic hydroxyl groups excluding tert-OH is 1. The first-order chi connectivity index (χ1) is 8.56. The summed E-state index contributed by atoms with van der Waals surface area (Å²) in [7, 11) is 0. The highest BCUT2D eigenvalue weighted by atomic mass is 35.5. The Morgan fingerprint density at radius 3 is 2.79 bits per heavy atom. The molecule has 2 atom stereocenters. The molecule has 0 spiro atoms. The van der Waals surface area contributed by atoms with Crippen LogP contribution in [0.5, 0.6) is 0 Å². The maximum Gasteiger partial charge on any atom is 0.319 e. The predicted octanol–water partition coefficient (Wildman–Crippen LogP) is 1.36. The number of halogens is 3. The molecule has 4 N–H and O–H groups in total. The van der Waals surface area contributed by atoms with Crippen molar-refractivity contribution >= 4 is 35.7 Å². The Bertz CT molecular complexity index is 462. The molecule has 2 rings (SSSR count). The van der Waals surface area contributed by atoms with Crippen molar-refractivity contribution in [3.05, 3.63) is 29.0 Å². The Morgan fingerprint density at radius 2 is 2.21 bits per heavy atom. The van der Waals surface area contributed by atoms with Gasteiger partial charge in [-0.3, -0.25) is 0 Å². The monoisotopic (exact) mass is 309 g/mol. The van der Waals surface area contributed by atoms with Crippen LogP contribution in [0.4, 0.5) is 14.9 Å². The molecule has 0 aliphatic carbocycles. The highest BCUT2D eigenvalue weighted by molar-refractivity contribution is 6.31. The van der Waals surface area contributed by atoms with Gasteiger partial charge in [-0.25, -0.2) is 9.18 Å². The summed E-state index contributed by atoms with van der Waals surface area (Å²) in [6.07, 6.45) is -0.604. The van der Waals surface area contributed by atoms with Gasteiger partial charge in [0.15, 0.2) is 0 Å². The van der Waals surface area contributed by atoms with E-state index in [2.05, 4.69) is 16.0 Å². The van der Waals surface area contributed by atoms with Crippen molar-refractivity contribution in [1.82, 2.24) is 10.6 Å². The molecule has 1 aromatic rings. The van der Waals surface area contributed by atoms with Gasteiger partial charge in [-0.15, -0.1) is 12.4 Å². The fraction of sp³-hybridized carbons (Fsp3) is 0.364. The molecule has 1 fully saturated rings. The van der Waals surface area contributed by atoms with E-state index in [1.165, 1.54) is 18.2 Å². The second kappa shape index (κ2) is 6.91. The van der Waals surface area contributed by atoms with E-state index < -0.39 is 18.0 Å². The third-order valence-corrected chi connectivity index (χ3v) is 2.97. The van der Waals surface area contributed by atoms with Gasteiger partial charge in [0.25, 0.3) is 0 Å². The van der Waals surface area contributed by atoms with Gasteiger partial charge in [0.05, 0.1) is 17.2 Å². The molecule has 1 aromatic carbocycles. The number of hydrogen-bond donors (Lipinski definition) is 4. The van der Waals surface area contributed by atoms with E-state index in [0.29, 0.717) is 18.8 Å². The normalized spacial score (nSPS) is 21.6. The number of β-amino-alcohol motifs (C(OH)–C–C–N with tert-alkyl or cyclic N) is 1. The standard InChI is InChI=1S/C11H13ClFN3O2.ClH/c12-7-3-6(1-2-8(7)13)15-11(18)16-9-4-14-5-10(9)17;/h1-3,9-10,14,17H,4-5H2,(H2,15,16,18);1H/t9-,10-;/m1./s1. The maximum absolute atomic E-state index is 12.9. The van der Waals surface area contributed by atoms with Crippen LogP contribution in [0.2, 0.25) is 5.02 Å². The van der Waals surface area contributed by atoms with Crippen LogP contribution in [-0.2, 0) is 0 Å². The number of benzene rings is 1. The zero-order valence-electron chi connectivity index (χ0n) is 9.82. The fourth-order valence-corrected chi connectivity index (χ4v) is 1.90. The molecule has 2 amide bonds. The first-order valence-electron chi connectivity index (χ1n) is 5.47. The van der Waals surface area contributed by atoms with E-state index in [9.17, 15) is 14.3 Å². The van der Waals surface area contributed by atoms with Crippen LogP contribution in [0.25, 0.3) is 0 Å². The number of aliphatic hydroxyl groups is 1. The third-order valence-electron chi connectivity index (χ3n) is 2.68. The Morgan fingerprint density at radius 1 is 1.47 bits per heavy atom. The SMILES string of the molecule is Cl.O=C(Nc1ccc(F)c(Cl)c1)N[C@@H]1CNC[C@H]1O. The summed E-state index contributed by atoms with van der Waals surface area (Å²) in [6, 6.07) is 3.10. The number of carbonyl (C=O) groups is 1. The van der Waals surface area contributed by atoms with Gasteiger partial charge in [0.1, 0.15) is 5.82 Å². The molecule has 1 aliphatic rings. The molecule has 0 radical (unpaired) electrons. The molecule has 1 heterocycles. The number of carbonyl (C=O) groups excluding carboxylic acids is 1. The molecule has 8 heteroatoms. The van der Waals surface area contributed by atoms with Gasteiger partial charge in [0, 0.05) is 18.8 Å². The van der Waals surface area contributed by atoms with E-state index in [4.69, 9.17) is 11.6 Å². The zero-order chi connectivity index (χ0) is 13.1. The molecule has 1 saturated heterocycles. The minimum atomic E-state index is -0.604. The van der Waals surface area contributed by atoms with E-state index in [-0.39, 0.29) is 23.5 Å². The Balaban J connectivity index is 0.00000180. The summed E-state index contributed by atoms with van der Waals surface area (Å²) in [6.45, 7) is 0.964. The smallest absolute Gasteiger partial charge is 0.319 e. The Kier molecular flexibility index (Phi) is 5.81. The minimum absolute atomic E-state index is 0. The molecular weight excluding hydrogens is 296 g/mol. The average molecular weight is 310 g/mol. The lowest BCUT2D eigenvalue weighted by atomic mass is 10.2. The van der Waals surface area contributed by atoms with Crippen LogP contribution < -0.4 is 16.0 Å². The molecule has 0 aromatic heterocycles. The van der Waals surface area contributed by atoms with Gasteiger partial charge in [-0.05, 0) is 18.2 Å². The van der Waals surface area contributed by atoms with Crippen LogP contribution in [0.15, 0.2) is 18.2 Å². The van der Waals surface area contributed by atoms with Crippen molar-refractivity contribution in [3.63, 3.8) is 0 Å². The highest BCUT2D eigenvalue weighted by Crippen LogP contribution is 2.19. The van der Waals surface area contributed by atoms with Crippen molar-refractivity contribution in [3.8, 4) is 0 Å². The van der Waals surface area contributed by atoms with Crippen LogP contribution in [-0.4, -0.2) is 36.4 Å². The summed E-state index contributed by atoms with van der Waals surface area (Å²) in [5.41, 5.74) is 0.388. The van der Waals surface area contributed by atoms with Gasteiger partial charge in [0.2, 0.25) is 0 Å². The van der Waals surface area contributed by atoms with Gasteiger partial charge in [-0.2, -0.15) is 0 Å². The molecule has 0 bridgehead atoms. The summed E-state index contributed by atoms with van der Waals surface area (Å²) in [4.78, 5) is 11.6. The predicted molar refractivity (Wildman–Crippen MR) is 73.5 cm³/mol. The van der Waals surface area contributed by atoms with Gasteiger partial charge in [-0.1, -0.05) is 11.6 Å². The molecule has 1 aliphatic heterocycles. The van der Waals surface area contributed by atoms with Crippen molar-refractivity contribution in [2.75, 3.05) is 18.4 Å². The van der Waals surface area contributed by atoms with Crippen LogP contribution in [0.3, 0.4) is 0 Å². The lowest BCUT2D eigenvalue weighted by Crippen LogP contribution is -2.44. The highest BCUT2D eigenvalue weighted by Gasteiger charge is 2.26. The van der Waals surface area contributed by atoms with Crippen molar-refractivity contribution in [2.45, 2.75) is 12.1 Å². The molecule has 106 valence electrons. The molecule has 0 unspecified atom stereocenters. The van der Waals surface area contributed by atoms with Gasteiger partial charge < -0.3 is 21.1 Å². The first kappa shape index (κ1) is 16.0. The second-order valence-corrected chi connectivity index (χ2v) is 4.47. The van der Waals surface area contributed by atoms with Crippen LogP contribution >= 0.6 is 24.0 Å². The van der Waals surface area contributed by atoms with Crippen molar-refractivity contribution < 1.29 is 14.3 Å². The molecule has 5 nitrogen and oxygen atoms in total. The van der Waals surface area contributed by atoms with Crippen molar-refractivity contribution in [2.24, 2.45) is 0 Å². The number of anilines is 1. The third kappa shape index (κ3) is 4.21. The largest absolute Gasteiger partial charge is 0.390 e. The van der Waals surface area contributed by atoms with E-state index >= 15 is 0 Å². The number of rotatable bonds is 2. The maximum atomic E-state index is 12.9. The van der Waals surface area contributed by atoms with Crippen LogP contribution in [0.1, 0.15) is 0 Å². The van der Waals surface area contributed by atoms with Gasteiger partial charge >= 0.3 is 6.03 Å². The average Bonchev–Trinajstić information content (AvgIpc) is 2.70. The molecular formula is C11H14Cl2FN3O2. The lowest BCUT2D eigenvalue weighted by molar-refractivity contribution is 0.164. The van der Waals surface area contributed by atoms with E-state index in [1.54, 1.807) is 0 Å². The van der Waals surface area contributed by atoms with E-state index in [1.807, 2.05) is 0 Å². The number of nitrogens with one attached hydrogen (secondary N) is 3. The number of amides is 2. The summed E-state index contributed by atoms with van der Waals surface area (Å²) >= 11 is 5.59. The van der Waals surface area contributed by atoms with Crippen molar-refractivity contribution in [1.29, 1.82) is 0 Å². The second-order valence-electron chi connectivity index (χ2n) is 4.06. The molecule has 19 heavy (non-hydrogen) atoms. The summed E-state index contributed by atoms with van der Waals surface area (Å²) in [5.74, 6) is -0.543. The Hall–Kier alpha value is -1.08. The minimum Gasteiger partial charge on any atom is -0.390 e. The zero-order valence-corrected chi connectivity index (χ0v) is 11.4. The number of hydrogen-bond acceptors (Lipinski definition) is 3. The summed E-state index contributed by atoms with van der Waals surface area (Å²) in [5, 5.41) is 17.5. The quantitative estimate of drug-likeness (QED) is 0.666. The summed E-state index contributed by atoms with van der Waals surface area (Å²) < 4.78 is 12.9. The lowest BCUT2D eigenvalue weighted by Gasteiger charge is -2.16. The Labute approximate surface area is 120 Å². The topological polar surface area (TPSA) is 73.4 Å². The molecule has 0 saturated carbocycles. The fourth-order valence-electron chi connectivity index (χ4n) is 1.72. The van der Waals surface area contributed by atoms with Crippen LogP contribution in [0, 0.1) is 5.82 Å². The van der Waals surface area contributed by atoms with E-state index in [0.717, 1.165) is 0 Å².